The first kappa shape index (κ1) is 23.8. The molecule has 1 amide bonds. The average molecular weight is 451 g/mol. The molecular weight excluding hydrogens is 412 g/mol. The van der Waals surface area contributed by atoms with E-state index in [-0.39, 0.29) is 12.0 Å². The zero-order valence-electron chi connectivity index (χ0n) is 20.0. The lowest BCUT2D eigenvalue weighted by atomic mass is 9.98. The Balaban J connectivity index is 1.25. The Kier molecular flexibility index (Phi) is 8.46. The summed E-state index contributed by atoms with van der Waals surface area (Å²) in [6.45, 7) is 5.50. The smallest absolute Gasteiger partial charge is 0.272 e. The molecule has 0 aliphatic carbocycles. The van der Waals surface area contributed by atoms with E-state index >= 15 is 0 Å². The van der Waals surface area contributed by atoms with Gasteiger partial charge in [-0.05, 0) is 63.9 Å². The van der Waals surface area contributed by atoms with Crippen molar-refractivity contribution in [3.8, 4) is 0 Å². The molecule has 4 rings (SSSR count). The molecule has 1 aromatic heterocycles. The van der Waals surface area contributed by atoms with Crippen molar-refractivity contribution in [2.45, 2.75) is 76.9 Å². The molecule has 0 unspecified atom stereocenters. The fourth-order valence-corrected chi connectivity index (χ4v) is 5.23. The molecule has 0 radical (unpaired) electrons. The van der Waals surface area contributed by atoms with E-state index in [0.717, 1.165) is 88.8 Å². The molecule has 0 atom stereocenters. The maximum atomic E-state index is 13.2. The Hall–Kier alpha value is -2.31. The van der Waals surface area contributed by atoms with E-state index in [2.05, 4.69) is 45.2 Å². The molecule has 2 aliphatic rings. The normalized spacial score (nSPS) is 18.5. The maximum absolute atomic E-state index is 13.2. The van der Waals surface area contributed by atoms with Gasteiger partial charge in [-0.15, -0.1) is 0 Å². The van der Waals surface area contributed by atoms with Crippen LogP contribution in [0.2, 0.25) is 0 Å². The summed E-state index contributed by atoms with van der Waals surface area (Å²) in [5.41, 5.74) is 3.92. The van der Waals surface area contributed by atoms with E-state index < -0.39 is 0 Å². The van der Waals surface area contributed by atoms with E-state index in [9.17, 15) is 9.90 Å². The van der Waals surface area contributed by atoms with Gasteiger partial charge in [-0.2, -0.15) is 0 Å². The Morgan fingerprint density at radius 2 is 1.64 bits per heavy atom. The van der Waals surface area contributed by atoms with Crippen molar-refractivity contribution in [3.05, 3.63) is 59.2 Å². The van der Waals surface area contributed by atoms with Crippen LogP contribution in [0.3, 0.4) is 0 Å². The molecule has 0 spiro atoms. The minimum Gasteiger partial charge on any atom is -0.393 e. The number of nitrogens with zero attached hydrogens (tertiary/aromatic N) is 4. The standard InChI is InChI=1S/C27H38N4O2/c1-21-25(11-7-3-6-10-22-8-4-2-5-9-22)28-20-29-26(21)27(33)31-16-12-23(13-17-31)30-18-14-24(32)15-19-30/h2,4-5,8-9,20,23-24,32H,3,6-7,10-19H2,1H3. The van der Waals surface area contributed by atoms with Crippen molar-refractivity contribution in [3.63, 3.8) is 0 Å². The second kappa shape index (κ2) is 11.7. The first-order chi connectivity index (χ1) is 16.1. The van der Waals surface area contributed by atoms with E-state index in [1.54, 1.807) is 6.33 Å². The third kappa shape index (κ3) is 6.39. The van der Waals surface area contributed by atoms with E-state index in [4.69, 9.17) is 0 Å². The third-order valence-corrected chi connectivity index (χ3v) is 7.38. The Labute approximate surface area is 198 Å². The van der Waals surface area contributed by atoms with Crippen LogP contribution < -0.4 is 0 Å². The molecule has 33 heavy (non-hydrogen) atoms. The number of piperidine rings is 2. The maximum Gasteiger partial charge on any atom is 0.272 e. The molecule has 2 saturated heterocycles. The van der Waals surface area contributed by atoms with Crippen LogP contribution >= 0.6 is 0 Å². The van der Waals surface area contributed by atoms with Crippen LogP contribution in [0.1, 0.15) is 72.3 Å². The van der Waals surface area contributed by atoms with E-state index in [0.29, 0.717) is 11.7 Å². The number of hydrogen-bond acceptors (Lipinski definition) is 5. The summed E-state index contributed by atoms with van der Waals surface area (Å²) in [4.78, 5) is 26.6. The van der Waals surface area contributed by atoms with Crippen LogP contribution in [0, 0.1) is 6.92 Å². The van der Waals surface area contributed by atoms with Gasteiger partial charge < -0.3 is 14.9 Å². The number of likely N-dealkylation sites (tertiary alicyclic amines) is 2. The van der Waals surface area contributed by atoms with Crippen molar-refractivity contribution < 1.29 is 9.90 Å². The topological polar surface area (TPSA) is 69.6 Å². The number of benzene rings is 1. The van der Waals surface area contributed by atoms with Crippen LogP contribution in [0.4, 0.5) is 0 Å². The third-order valence-electron chi connectivity index (χ3n) is 7.38. The summed E-state index contributed by atoms with van der Waals surface area (Å²) in [6, 6.07) is 11.2. The van der Waals surface area contributed by atoms with Crippen LogP contribution in [0.25, 0.3) is 0 Å². The van der Waals surface area contributed by atoms with Gasteiger partial charge in [0.15, 0.2) is 0 Å². The zero-order chi connectivity index (χ0) is 23.0. The first-order valence-electron chi connectivity index (χ1n) is 12.7. The van der Waals surface area contributed by atoms with Crippen molar-refractivity contribution in [2.24, 2.45) is 0 Å². The summed E-state index contributed by atoms with van der Waals surface area (Å²) in [6.07, 6.45) is 10.6. The molecule has 6 nitrogen and oxygen atoms in total. The second-order valence-corrected chi connectivity index (χ2v) is 9.63. The predicted molar refractivity (Wildman–Crippen MR) is 130 cm³/mol. The molecule has 2 fully saturated rings. The van der Waals surface area contributed by atoms with Gasteiger partial charge in [-0.25, -0.2) is 9.97 Å². The lowest BCUT2D eigenvalue weighted by Gasteiger charge is -2.41. The first-order valence-corrected chi connectivity index (χ1v) is 12.7. The Morgan fingerprint density at radius 3 is 2.36 bits per heavy atom. The summed E-state index contributed by atoms with van der Waals surface area (Å²) in [5, 5.41) is 9.75. The fourth-order valence-electron chi connectivity index (χ4n) is 5.23. The highest BCUT2D eigenvalue weighted by atomic mass is 16.3. The van der Waals surface area contributed by atoms with Gasteiger partial charge in [-0.1, -0.05) is 36.8 Å². The molecule has 1 aromatic carbocycles. The number of unbranched alkanes of at least 4 members (excludes halogenated alkanes) is 2. The van der Waals surface area contributed by atoms with Gasteiger partial charge >= 0.3 is 0 Å². The van der Waals surface area contributed by atoms with E-state index in [1.165, 1.54) is 12.0 Å². The summed E-state index contributed by atoms with van der Waals surface area (Å²) in [5.74, 6) is 0.0488. The monoisotopic (exact) mass is 450 g/mol. The lowest BCUT2D eigenvalue weighted by molar-refractivity contribution is 0.0355. The minimum atomic E-state index is -0.137. The van der Waals surface area contributed by atoms with Gasteiger partial charge in [0.05, 0.1) is 6.10 Å². The van der Waals surface area contributed by atoms with Gasteiger partial charge in [0.25, 0.3) is 5.91 Å². The van der Waals surface area contributed by atoms with Crippen molar-refractivity contribution >= 4 is 5.91 Å². The largest absolute Gasteiger partial charge is 0.393 e. The fraction of sp³-hybridized carbons (Fsp3) is 0.593. The lowest BCUT2D eigenvalue weighted by Crippen LogP contribution is -2.49. The van der Waals surface area contributed by atoms with Crippen LogP contribution in [-0.4, -0.2) is 69.1 Å². The molecule has 0 bridgehead atoms. The van der Waals surface area contributed by atoms with Gasteiger partial charge in [-0.3, -0.25) is 4.79 Å². The number of aromatic nitrogens is 2. The minimum absolute atomic E-state index is 0.0488. The second-order valence-electron chi connectivity index (χ2n) is 9.63. The molecule has 0 saturated carbocycles. The number of aliphatic hydroxyl groups is 1. The SMILES string of the molecule is Cc1c(CCCCCc2ccccc2)ncnc1C(=O)N1CCC(N2CCC(O)CC2)CC1. The summed E-state index contributed by atoms with van der Waals surface area (Å²) >= 11 is 0. The number of rotatable bonds is 8. The van der Waals surface area contributed by atoms with E-state index in [1.807, 2.05) is 11.8 Å². The molecule has 6 heteroatoms. The van der Waals surface area contributed by atoms with Crippen molar-refractivity contribution in [2.75, 3.05) is 26.2 Å². The molecule has 1 N–H and O–H groups in total. The van der Waals surface area contributed by atoms with Crippen LogP contribution in [0.5, 0.6) is 0 Å². The molecule has 2 aliphatic heterocycles. The Bertz CT molecular complexity index is 888. The van der Waals surface area contributed by atoms with Crippen LogP contribution in [0.15, 0.2) is 36.7 Å². The number of aliphatic hydroxyl groups excluding tert-OH is 1. The molecule has 178 valence electrons. The van der Waals surface area contributed by atoms with Crippen LogP contribution in [-0.2, 0) is 12.8 Å². The number of amides is 1. The van der Waals surface area contributed by atoms with Crippen molar-refractivity contribution in [1.29, 1.82) is 0 Å². The molecule has 2 aromatic rings. The highest BCUT2D eigenvalue weighted by Crippen LogP contribution is 2.23. The van der Waals surface area contributed by atoms with Gasteiger partial charge in [0.1, 0.15) is 12.0 Å². The number of hydrogen-bond donors (Lipinski definition) is 1. The highest BCUT2D eigenvalue weighted by Gasteiger charge is 2.30. The van der Waals surface area contributed by atoms with Gasteiger partial charge in [0.2, 0.25) is 0 Å². The summed E-state index contributed by atoms with van der Waals surface area (Å²) in [7, 11) is 0. The highest BCUT2D eigenvalue weighted by molar-refractivity contribution is 5.93. The Morgan fingerprint density at radius 1 is 0.939 bits per heavy atom. The number of aryl methyl sites for hydroxylation is 2. The zero-order valence-corrected chi connectivity index (χ0v) is 20.0. The number of carbonyl (C=O) groups is 1. The van der Waals surface area contributed by atoms with Crippen molar-refractivity contribution in [1.82, 2.24) is 19.8 Å². The molecule has 3 heterocycles. The average Bonchev–Trinajstić information content (AvgIpc) is 2.86. The summed E-state index contributed by atoms with van der Waals surface area (Å²) < 4.78 is 0. The molecular formula is C27H38N4O2. The quantitative estimate of drug-likeness (QED) is 0.620. The van der Waals surface area contributed by atoms with Gasteiger partial charge in [0, 0.05) is 43.5 Å². The predicted octanol–water partition coefficient (Wildman–Crippen LogP) is 3.80. The number of carbonyl (C=O) groups excluding carboxylic acids is 1.